The first-order valence-corrected chi connectivity index (χ1v) is 10.3. The Morgan fingerprint density at radius 2 is 1.46 bits per heavy atom. The number of hydrogen-bond donors (Lipinski definition) is 2. The smallest absolute Gasteiger partial charge is 0.203 e. The van der Waals surface area contributed by atoms with Gasteiger partial charge in [0.1, 0.15) is 5.75 Å². The third kappa shape index (κ3) is 3.46. The molecule has 0 aliphatic heterocycles. The Hall–Kier alpha value is -2.91. The van der Waals surface area contributed by atoms with Gasteiger partial charge in [-0.15, -0.1) is 0 Å². The van der Waals surface area contributed by atoms with Gasteiger partial charge in [-0.05, 0) is 41.5 Å². The number of hydrogen-bond acceptors (Lipinski definition) is 9. The molecule has 0 aliphatic rings. The SMILES string of the molecule is COc1ccc(-c2ss/c(=N\O)c2-c2cc(OC)c(OC)c(OC)c2)cc1N. The van der Waals surface area contributed by atoms with Crippen molar-refractivity contribution < 1.29 is 24.2 Å². The highest BCUT2D eigenvalue weighted by Crippen LogP contribution is 2.44. The first-order chi connectivity index (χ1) is 13.6. The van der Waals surface area contributed by atoms with Crippen LogP contribution in [-0.4, -0.2) is 33.6 Å². The summed E-state index contributed by atoms with van der Waals surface area (Å²) in [6.07, 6.45) is 0. The number of benzene rings is 2. The number of nitrogens with two attached hydrogens (primary N) is 1. The largest absolute Gasteiger partial charge is 0.495 e. The molecule has 3 aromatic rings. The maximum absolute atomic E-state index is 9.54. The molecule has 2 aromatic carbocycles. The van der Waals surface area contributed by atoms with Crippen molar-refractivity contribution >= 4 is 26.4 Å². The fourth-order valence-electron chi connectivity index (χ4n) is 2.88. The molecule has 0 saturated heterocycles. The van der Waals surface area contributed by atoms with Gasteiger partial charge < -0.3 is 29.9 Å². The molecule has 3 N–H and O–H groups in total. The maximum Gasteiger partial charge on any atom is 0.203 e. The Morgan fingerprint density at radius 3 is 1.96 bits per heavy atom. The molecule has 0 radical (unpaired) electrons. The van der Waals surface area contributed by atoms with E-state index in [4.69, 9.17) is 24.7 Å². The minimum Gasteiger partial charge on any atom is -0.495 e. The number of nitrogens with zero attached hydrogens (tertiary/aromatic N) is 1. The summed E-state index contributed by atoms with van der Waals surface area (Å²) in [7, 11) is 9.08. The lowest BCUT2D eigenvalue weighted by Crippen LogP contribution is -2.01. The normalized spacial score (nSPS) is 11.4. The average molecular weight is 421 g/mol. The summed E-state index contributed by atoms with van der Waals surface area (Å²) in [5.41, 5.74) is 9.01. The van der Waals surface area contributed by atoms with Crippen LogP contribution in [0.15, 0.2) is 35.5 Å². The van der Waals surface area contributed by atoms with E-state index in [1.807, 2.05) is 30.3 Å². The molecule has 148 valence electrons. The van der Waals surface area contributed by atoms with Crippen LogP contribution < -0.4 is 29.4 Å². The Bertz CT molecular complexity index is 1030. The average Bonchev–Trinajstić information content (AvgIpc) is 3.16. The zero-order valence-electron chi connectivity index (χ0n) is 15.8. The van der Waals surface area contributed by atoms with Crippen molar-refractivity contribution in [1.29, 1.82) is 0 Å². The summed E-state index contributed by atoms with van der Waals surface area (Å²) >= 11 is 0. The lowest BCUT2D eigenvalue weighted by molar-refractivity contribution is 0.304. The number of methoxy groups -OCH3 is 4. The summed E-state index contributed by atoms with van der Waals surface area (Å²) in [5.74, 6) is 2.12. The fourth-order valence-corrected chi connectivity index (χ4v) is 5.34. The second-order valence-electron chi connectivity index (χ2n) is 5.65. The topological polar surface area (TPSA) is 95.5 Å². The summed E-state index contributed by atoms with van der Waals surface area (Å²) in [5, 5.41) is 13.0. The van der Waals surface area contributed by atoms with Gasteiger partial charge in [0, 0.05) is 5.56 Å². The van der Waals surface area contributed by atoms with Crippen LogP contribution in [0, 0.1) is 0 Å². The van der Waals surface area contributed by atoms with Crippen molar-refractivity contribution in [3.63, 3.8) is 0 Å². The van der Waals surface area contributed by atoms with Gasteiger partial charge in [-0.1, -0.05) is 25.8 Å². The van der Waals surface area contributed by atoms with Gasteiger partial charge in [0.25, 0.3) is 0 Å². The molecule has 9 heteroatoms. The molecule has 7 nitrogen and oxygen atoms in total. The third-order valence-corrected chi connectivity index (χ3v) is 6.54. The summed E-state index contributed by atoms with van der Waals surface area (Å²) in [4.78, 5) is 0.904. The Kier molecular flexibility index (Phi) is 5.96. The lowest BCUT2D eigenvalue weighted by atomic mass is 10.0. The Balaban J connectivity index is 2.26. The highest BCUT2D eigenvalue weighted by Gasteiger charge is 2.20. The van der Waals surface area contributed by atoms with Crippen LogP contribution in [0.25, 0.3) is 21.6 Å². The first kappa shape index (κ1) is 19.8. The van der Waals surface area contributed by atoms with Gasteiger partial charge in [0.2, 0.25) is 5.75 Å². The second kappa shape index (κ2) is 8.41. The van der Waals surface area contributed by atoms with Crippen molar-refractivity contribution in [3.05, 3.63) is 35.0 Å². The van der Waals surface area contributed by atoms with Crippen LogP contribution in [0.4, 0.5) is 5.69 Å². The third-order valence-electron chi connectivity index (χ3n) is 4.18. The summed E-state index contributed by atoms with van der Waals surface area (Å²) in [6, 6.07) is 9.20. The molecule has 0 spiro atoms. The van der Waals surface area contributed by atoms with E-state index >= 15 is 0 Å². The van der Waals surface area contributed by atoms with E-state index in [1.54, 1.807) is 28.4 Å². The summed E-state index contributed by atoms with van der Waals surface area (Å²) < 4.78 is 22.0. The van der Waals surface area contributed by atoms with Crippen molar-refractivity contribution in [2.45, 2.75) is 0 Å². The van der Waals surface area contributed by atoms with Gasteiger partial charge in [0.05, 0.1) is 39.0 Å². The molecule has 28 heavy (non-hydrogen) atoms. The second-order valence-corrected chi connectivity index (χ2v) is 7.77. The zero-order valence-corrected chi connectivity index (χ0v) is 17.4. The van der Waals surface area contributed by atoms with Crippen molar-refractivity contribution in [1.82, 2.24) is 0 Å². The quantitative estimate of drug-likeness (QED) is 0.270. The van der Waals surface area contributed by atoms with Gasteiger partial charge in [0.15, 0.2) is 16.2 Å². The first-order valence-electron chi connectivity index (χ1n) is 8.13. The number of rotatable bonds is 6. The highest BCUT2D eigenvalue weighted by atomic mass is 32.9. The van der Waals surface area contributed by atoms with Crippen molar-refractivity contribution in [2.24, 2.45) is 5.16 Å². The number of ether oxygens (including phenoxy) is 4. The molecular weight excluding hydrogens is 400 g/mol. The van der Waals surface area contributed by atoms with E-state index in [0.717, 1.165) is 21.6 Å². The van der Waals surface area contributed by atoms with E-state index in [2.05, 4.69) is 5.16 Å². The van der Waals surface area contributed by atoms with Crippen LogP contribution in [0.2, 0.25) is 0 Å². The predicted molar refractivity (Wildman–Crippen MR) is 111 cm³/mol. The molecule has 0 saturated carbocycles. The van der Waals surface area contributed by atoms with Crippen molar-refractivity contribution in [3.8, 4) is 44.6 Å². The number of anilines is 1. The summed E-state index contributed by atoms with van der Waals surface area (Å²) in [6.45, 7) is 0. The van der Waals surface area contributed by atoms with Gasteiger partial charge >= 0.3 is 0 Å². The zero-order chi connectivity index (χ0) is 20.3. The van der Waals surface area contributed by atoms with E-state index in [9.17, 15) is 5.21 Å². The van der Waals surface area contributed by atoms with Crippen molar-refractivity contribution in [2.75, 3.05) is 34.2 Å². The molecular formula is C19H20N2O5S2. The monoisotopic (exact) mass is 420 g/mol. The van der Waals surface area contributed by atoms with E-state index in [0.29, 0.717) is 33.4 Å². The van der Waals surface area contributed by atoms with E-state index in [1.165, 1.54) is 20.7 Å². The molecule has 0 bridgehead atoms. The molecule has 0 amide bonds. The van der Waals surface area contributed by atoms with Gasteiger partial charge in [-0.25, -0.2) is 0 Å². The van der Waals surface area contributed by atoms with Crippen LogP contribution in [-0.2, 0) is 0 Å². The Morgan fingerprint density at radius 1 is 0.821 bits per heavy atom. The lowest BCUT2D eigenvalue weighted by Gasteiger charge is -2.14. The van der Waals surface area contributed by atoms with Crippen LogP contribution in [0.3, 0.4) is 0 Å². The molecule has 0 atom stereocenters. The molecule has 0 unspecified atom stereocenters. The van der Waals surface area contributed by atoms with Gasteiger partial charge in [-0.2, -0.15) is 0 Å². The predicted octanol–water partition coefficient (Wildman–Crippen LogP) is 4.05. The maximum atomic E-state index is 9.54. The molecule has 1 heterocycles. The molecule has 1 aromatic heterocycles. The Labute approximate surface area is 169 Å². The fraction of sp³-hybridized carbons (Fsp3) is 0.211. The molecule has 0 aliphatic carbocycles. The van der Waals surface area contributed by atoms with Crippen LogP contribution >= 0.6 is 20.7 Å². The van der Waals surface area contributed by atoms with E-state index < -0.39 is 0 Å². The van der Waals surface area contributed by atoms with Gasteiger partial charge in [-0.3, -0.25) is 0 Å². The minimum atomic E-state index is 0.476. The van der Waals surface area contributed by atoms with E-state index in [-0.39, 0.29) is 0 Å². The van der Waals surface area contributed by atoms with Crippen LogP contribution in [0.5, 0.6) is 23.0 Å². The molecule has 3 rings (SSSR count). The number of nitrogen functional groups attached to an aromatic ring is 1. The minimum absolute atomic E-state index is 0.476. The standard InChI is InChI=1S/C19H20N2O5S2/c1-23-13-6-5-10(7-12(13)20)18-16(19(21-22)28-27-18)11-8-14(24-2)17(26-4)15(9-11)25-3/h5-9,22H,20H2,1-4H3/b21-19-. The highest BCUT2D eigenvalue weighted by molar-refractivity contribution is 7.70. The van der Waals surface area contributed by atoms with Crippen LogP contribution in [0.1, 0.15) is 0 Å². The molecule has 0 fully saturated rings.